The lowest BCUT2D eigenvalue weighted by Crippen LogP contribution is -2.46. The van der Waals surface area contributed by atoms with Crippen molar-refractivity contribution >= 4 is 29.6 Å². The number of hydrogen-bond acceptors (Lipinski definition) is 7. The molecule has 1 aliphatic carbocycles. The van der Waals surface area contributed by atoms with Crippen LogP contribution < -0.4 is 15.6 Å². The zero-order valence-electron chi connectivity index (χ0n) is 17.4. The summed E-state index contributed by atoms with van der Waals surface area (Å²) in [6.45, 7) is 4.85. The molecular weight excluding hydrogens is 368 g/mol. The molecule has 1 aromatic heterocycles. The number of hydrogen-bond donors (Lipinski definition) is 3. The number of nitrogens with zero attached hydrogens (tertiary/aromatic N) is 4. The molecule has 3 N–H and O–H groups in total. The fourth-order valence-electron chi connectivity index (χ4n) is 3.80. The van der Waals surface area contributed by atoms with E-state index in [2.05, 4.69) is 32.6 Å². The van der Waals surface area contributed by atoms with E-state index in [-0.39, 0.29) is 6.61 Å². The van der Waals surface area contributed by atoms with Gasteiger partial charge in [-0.05, 0) is 37.0 Å². The van der Waals surface area contributed by atoms with Gasteiger partial charge < -0.3 is 15.7 Å². The molecule has 1 heterocycles. The molecular formula is C21H30N6O2. The fraction of sp³-hybridized carbons (Fsp3) is 0.476. The van der Waals surface area contributed by atoms with Crippen LogP contribution in [0.15, 0.2) is 24.4 Å². The van der Waals surface area contributed by atoms with Crippen LogP contribution in [-0.4, -0.2) is 46.1 Å². The number of anilines is 4. The number of aromatic nitrogens is 2. The van der Waals surface area contributed by atoms with E-state index in [0.717, 1.165) is 36.2 Å². The first-order chi connectivity index (χ1) is 14.1. The van der Waals surface area contributed by atoms with E-state index in [9.17, 15) is 9.90 Å². The number of amides is 1. The third kappa shape index (κ3) is 4.65. The molecule has 1 fully saturated rings. The fourth-order valence-corrected chi connectivity index (χ4v) is 3.80. The van der Waals surface area contributed by atoms with Crippen LogP contribution in [-0.2, 0) is 11.4 Å². The molecule has 0 unspecified atom stereocenters. The molecule has 0 spiro atoms. The summed E-state index contributed by atoms with van der Waals surface area (Å²) >= 11 is 0. The van der Waals surface area contributed by atoms with E-state index in [4.69, 9.17) is 4.98 Å². The lowest BCUT2D eigenvalue weighted by Gasteiger charge is -2.38. The smallest absolute Gasteiger partial charge is 0.229 e. The molecule has 1 amide bonds. The highest BCUT2D eigenvalue weighted by Gasteiger charge is 2.29. The lowest BCUT2D eigenvalue weighted by molar-refractivity contribution is -0.105. The number of carbonyl (C=O) groups is 1. The number of benzene rings is 1. The Balaban J connectivity index is 2.00. The van der Waals surface area contributed by atoms with Gasteiger partial charge >= 0.3 is 0 Å². The Morgan fingerprint density at radius 2 is 2.03 bits per heavy atom. The summed E-state index contributed by atoms with van der Waals surface area (Å²) in [6.07, 6.45) is 6.86. The van der Waals surface area contributed by atoms with Gasteiger partial charge in [-0.15, -0.1) is 0 Å². The highest BCUT2D eigenvalue weighted by Crippen LogP contribution is 2.33. The summed E-state index contributed by atoms with van der Waals surface area (Å²) < 4.78 is 0. The first kappa shape index (κ1) is 21.0. The normalized spacial score (nSPS) is 14.2. The van der Waals surface area contributed by atoms with Crippen molar-refractivity contribution in [2.24, 2.45) is 0 Å². The molecule has 0 aliphatic heterocycles. The lowest BCUT2D eigenvalue weighted by atomic mass is 10.1. The Morgan fingerprint density at radius 3 is 2.69 bits per heavy atom. The van der Waals surface area contributed by atoms with Gasteiger partial charge in [0.25, 0.3) is 0 Å². The van der Waals surface area contributed by atoms with Gasteiger partial charge in [-0.1, -0.05) is 31.9 Å². The van der Waals surface area contributed by atoms with Crippen LogP contribution in [0.25, 0.3) is 0 Å². The molecule has 8 heteroatoms. The Morgan fingerprint density at radius 1 is 1.28 bits per heavy atom. The summed E-state index contributed by atoms with van der Waals surface area (Å²) in [4.78, 5) is 20.3. The van der Waals surface area contributed by atoms with Gasteiger partial charge in [0, 0.05) is 25.3 Å². The average molecular weight is 399 g/mol. The maximum absolute atomic E-state index is 11.2. The number of nitrogens with one attached hydrogen (secondary N) is 2. The van der Waals surface area contributed by atoms with Crippen LogP contribution in [0.2, 0.25) is 0 Å². The van der Waals surface area contributed by atoms with Gasteiger partial charge in [-0.3, -0.25) is 9.80 Å². The van der Waals surface area contributed by atoms with E-state index in [1.165, 1.54) is 12.8 Å². The second-order valence-electron chi connectivity index (χ2n) is 7.32. The molecule has 29 heavy (non-hydrogen) atoms. The molecule has 8 nitrogen and oxygen atoms in total. The van der Waals surface area contributed by atoms with Crippen LogP contribution in [0.5, 0.6) is 0 Å². The average Bonchev–Trinajstić information content (AvgIpc) is 3.25. The molecule has 3 rings (SSSR count). The largest absolute Gasteiger partial charge is 0.392 e. The van der Waals surface area contributed by atoms with Crippen molar-refractivity contribution < 1.29 is 9.90 Å². The maximum Gasteiger partial charge on any atom is 0.229 e. The number of aliphatic hydroxyl groups excluding tert-OH is 1. The standard InChI is InChI=1S/C21H30N6O2/c1-4-26(3)27(17-9-5-6-10-17)20-19(23-14-29)12-22-21(25-20)24-18-11-7-8-16(13-28)15(18)2/h7-8,11-12,14,17,28H,4-6,9-10,13H2,1-3H3,(H,23,29)(H,22,24,25). The molecule has 156 valence electrons. The highest BCUT2D eigenvalue weighted by atomic mass is 16.3. The van der Waals surface area contributed by atoms with Crippen LogP contribution >= 0.6 is 0 Å². The summed E-state index contributed by atoms with van der Waals surface area (Å²) in [5.41, 5.74) is 3.23. The molecule has 1 aliphatic rings. The number of aliphatic hydroxyl groups is 1. The highest BCUT2D eigenvalue weighted by molar-refractivity contribution is 5.79. The number of hydrazine groups is 1. The van der Waals surface area contributed by atoms with Crippen LogP contribution in [0.3, 0.4) is 0 Å². The Kier molecular flexibility index (Phi) is 7.00. The summed E-state index contributed by atoms with van der Waals surface area (Å²) in [6, 6.07) is 6.05. The topological polar surface area (TPSA) is 93.6 Å². The van der Waals surface area contributed by atoms with Gasteiger partial charge in [-0.2, -0.15) is 4.98 Å². The first-order valence-corrected chi connectivity index (χ1v) is 10.1. The van der Waals surface area contributed by atoms with Crippen molar-refractivity contribution in [3.05, 3.63) is 35.5 Å². The Bertz CT molecular complexity index is 838. The van der Waals surface area contributed by atoms with Gasteiger partial charge in [0.15, 0.2) is 5.82 Å². The molecule has 0 saturated heterocycles. The SMILES string of the molecule is CCN(C)N(c1nc(Nc2cccc(CO)c2C)ncc1NC=O)C1CCCC1. The Labute approximate surface area is 171 Å². The minimum absolute atomic E-state index is 0.0214. The van der Waals surface area contributed by atoms with E-state index < -0.39 is 0 Å². The minimum Gasteiger partial charge on any atom is -0.392 e. The van der Waals surface area contributed by atoms with Crippen molar-refractivity contribution in [3.8, 4) is 0 Å². The summed E-state index contributed by atoms with van der Waals surface area (Å²) in [7, 11) is 2.03. The molecule has 1 aromatic carbocycles. The van der Waals surface area contributed by atoms with Crippen LogP contribution in [0.4, 0.5) is 23.1 Å². The quantitative estimate of drug-likeness (QED) is 0.441. The van der Waals surface area contributed by atoms with Crippen molar-refractivity contribution in [1.29, 1.82) is 0 Å². The van der Waals surface area contributed by atoms with Crippen LogP contribution in [0.1, 0.15) is 43.7 Å². The Hall–Kier alpha value is -2.71. The van der Waals surface area contributed by atoms with E-state index in [1.54, 1.807) is 6.20 Å². The van der Waals surface area contributed by atoms with E-state index >= 15 is 0 Å². The predicted molar refractivity (Wildman–Crippen MR) is 115 cm³/mol. The van der Waals surface area contributed by atoms with Gasteiger partial charge in [0.05, 0.1) is 12.8 Å². The number of carbonyl (C=O) groups excluding carboxylic acids is 1. The summed E-state index contributed by atoms with van der Waals surface area (Å²) in [5.74, 6) is 1.13. The second kappa shape index (κ2) is 9.67. The zero-order valence-corrected chi connectivity index (χ0v) is 17.4. The zero-order chi connectivity index (χ0) is 20.8. The molecule has 0 atom stereocenters. The third-order valence-corrected chi connectivity index (χ3v) is 5.56. The van der Waals surface area contributed by atoms with Gasteiger partial charge in [-0.25, -0.2) is 9.99 Å². The molecule has 0 bridgehead atoms. The van der Waals surface area contributed by atoms with Crippen LogP contribution in [0, 0.1) is 6.92 Å². The van der Waals surface area contributed by atoms with E-state index in [0.29, 0.717) is 29.9 Å². The minimum atomic E-state index is -0.0214. The first-order valence-electron chi connectivity index (χ1n) is 10.1. The molecule has 0 radical (unpaired) electrons. The van der Waals surface area contributed by atoms with Crippen molar-refractivity contribution in [3.63, 3.8) is 0 Å². The monoisotopic (exact) mass is 398 g/mol. The van der Waals surface area contributed by atoms with Crippen molar-refractivity contribution in [1.82, 2.24) is 15.0 Å². The van der Waals surface area contributed by atoms with E-state index in [1.807, 2.05) is 32.2 Å². The second-order valence-corrected chi connectivity index (χ2v) is 7.32. The van der Waals surface area contributed by atoms with Gasteiger partial charge in [0.1, 0.15) is 5.69 Å². The number of rotatable bonds is 9. The molecule has 2 aromatic rings. The molecule has 1 saturated carbocycles. The van der Waals surface area contributed by atoms with Gasteiger partial charge in [0.2, 0.25) is 12.4 Å². The maximum atomic E-state index is 11.2. The van der Waals surface area contributed by atoms with Crippen molar-refractivity contribution in [2.45, 2.75) is 52.2 Å². The summed E-state index contributed by atoms with van der Waals surface area (Å²) in [5, 5.41) is 19.8. The van der Waals surface area contributed by atoms with Crippen molar-refractivity contribution in [2.75, 3.05) is 29.2 Å². The third-order valence-electron chi connectivity index (χ3n) is 5.56. The predicted octanol–water partition coefficient (Wildman–Crippen LogP) is 3.20.